The number of imidazole rings is 1. The number of carbonyl (C=O) groups excluding carboxylic acids is 2. The Hall–Kier alpha value is -1.89. The van der Waals surface area contributed by atoms with Gasteiger partial charge in [-0.05, 0) is 19.3 Å². The van der Waals surface area contributed by atoms with E-state index >= 15 is 0 Å². The molecule has 1 fully saturated rings. The summed E-state index contributed by atoms with van der Waals surface area (Å²) in [5, 5.41) is 0. The molecular weight excluding hydrogens is 282 g/mol. The van der Waals surface area contributed by atoms with Crippen molar-refractivity contribution >= 4 is 11.8 Å². The molecule has 0 bridgehead atoms. The van der Waals surface area contributed by atoms with Crippen LogP contribution in [0, 0.1) is 0 Å². The minimum absolute atomic E-state index is 0.00267. The molecule has 1 atom stereocenters. The summed E-state index contributed by atoms with van der Waals surface area (Å²) < 4.78 is 2.04. The van der Waals surface area contributed by atoms with Crippen molar-refractivity contribution in [3.05, 3.63) is 17.7 Å². The van der Waals surface area contributed by atoms with Crippen LogP contribution in [0.1, 0.15) is 30.7 Å². The Morgan fingerprint density at radius 1 is 1.36 bits per heavy atom. The van der Waals surface area contributed by atoms with Crippen LogP contribution >= 0.6 is 0 Å². The second-order valence-corrected chi connectivity index (χ2v) is 6.21. The number of primary amides is 1. The van der Waals surface area contributed by atoms with Crippen LogP contribution in [0.4, 0.5) is 0 Å². The van der Waals surface area contributed by atoms with Gasteiger partial charge in [-0.2, -0.15) is 0 Å². The molecule has 0 saturated carbocycles. The Morgan fingerprint density at radius 3 is 2.95 bits per heavy atom. The van der Waals surface area contributed by atoms with E-state index in [0.29, 0.717) is 26.1 Å². The van der Waals surface area contributed by atoms with Gasteiger partial charge in [0.25, 0.3) is 0 Å². The summed E-state index contributed by atoms with van der Waals surface area (Å²) >= 11 is 0. The molecule has 1 saturated heterocycles. The molecular formula is C15H23N5O2. The number of aryl methyl sites for hydroxylation is 1. The Bertz CT molecular complexity index is 582. The van der Waals surface area contributed by atoms with Crippen molar-refractivity contribution < 1.29 is 9.59 Å². The summed E-state index contributed by atoms with van der Waals surface area (Å²) in [6.45, 7) is 2.50. The smallest absolute Gasteiger partial charge is 0.240 e. The van der Waals surface area contributed by atoms with E-state index in [9.17, 15) is 9.59 Å². The molecule has 3 heterocycles. The Balaban J connectivity index is 1.63. The third-order valence-corrected chi connectivity index (χ3v) is 4.69. The van der Waals surface area contributed by atoms with Crippen LogP contribution in [0.2, 0.25) is 0 Å². The van der Waals surface area contributed by atoms with E-state index < -0.39 is 11.9 Å². The maximum absolute atomic E-state index is 12.5. The molecule has 3 rings (SSSR count). The van der Waals surface area contributed by atoms with Gasteiger partial charge in [0.15, 0.2) is 0 Å². The monoisotopic (exact) mass is 305 g/mol. The summed E-state index contributed by atoms with van der Waals surface area (Å²) in [6, 6.07) is -0.434. The van der Waals surface area contributed by atoms with Gasteiger partial charge in [0, 0.05) is 38.8 Å². The Morgan fingerprint density at radius 2 is 2.18 bits per heavy atom. The highest BCUT2D eigenvalue weighted by Crippen LogP contribution is 2.20. The molecule has 0 aliphatic carbocycles. The van der Waals surface area contributed by atoms with E-state index in [4.69, 9.17) is 5.73 Å². The van der Waals surface area contributed by atoms with Gasteiger partial charge in [-0.15, -0.1) is 0 Å². The lowest BCUT2D eigenvalue weighted by Crippen LogP contribution is -2.53. The van der Waals surface area contributed by atoms with Crippen LogP contribution in [0.25, 0.3) is 0 Å². The van der Waals surface area contributed by atoms with Crippen molar-refractivity contribution in [2.24, 2.45) is 12.8 Å². The van der Waals surface area contributed by atoms with E-state index in [2.05, 4.69) is 9.88 Å². The molecule has 2 aliphatic rings. The molecule has 2 amide bonds. The first-order chi connectivity index (χ1) is 10.6. The molecule has 7 nitrogen and oxygen atoms in total. The van der Waals surface area contributed by atoms with Crippen LogP contribution in [-0.2, 0) is 29.6 Å². The van der Waals surface area contributed by atoms with Gasteiger partial charge in [0.2, 0.25) is 11.8 Å². The largest absolute Gasteiger partial charge is 0.368 e. The van der Waals surface area contributed by atoms with Crippen molar-refractivity contribution in [1.29, 1.82) is 0 Å². The van der Waals surface area contributed by atoms with Gasteiger partial charge in [-0.25, -0.2) is 4.98 Å². The van der Waals surface area contributed by atoms with Gasteiger partial charge in [0.1, 0.15) is 6.04 Å². The first-order valence-electron chi connectivity index (χ1n) is 7.86. The number of hydrogen-bond donors (Lipinski definition) is 1. The van der Waals surface area contributed by atoms with Crippen molar-refractivity contribution in [2.45, 2.75) is 38.3 Å². The average molecular weight is 305 g/mol. The highest BCUT2D eigenvalue weighted by molar-refractivity contribution is 5.87. The summed E-state index contributed by atoms with van der Waals surface area (Å²) in [5.41, 5.74) is 7.73. The molecule has 1 aromatic rings. The first-order valence-corrected chi connectivity index (χ1v) is 7.86. The highest BCUT2D eigenvalue weighted by atomic mass is 16.2. The van der Waals surface area contributed by atoms with Gasteiger partial charge < -0.3 is 15.2 Å². The van der Waals surface area contributed by atoms with E-state index in [1.165, 1.54) is 5.69 Å². The number of nitrogens with two attached hydrogens (primary N) is 1. The standard InChI is InChI=1S/C15H23N5O2/c1-18-10-17-11-8-19(7-5-12(11)18)9-14(21)20-6-3-2-4-13(20)15(16)22/h10,13H,2-9H2,1H3,(H2,16,22)/t13-/m1/s1. The maximum Gasteiger partial charge on any atom is 0.240 e. The number of carbonyl (C=O) groups is 2. The van der Waals surface area contributed by atoms with Crippen LogP contribution in [0.15, 0.2) is 6.33 Å². The summed E-state index contributed by atoms with van der Waals surface area (Å²) in [7, 11) is 2.00. The third-order valence-electron chi connectivity index (χ3n) is 4.69. The summed E-state index contributed by atoms with van der Waals surface area (Å²) in [5.74, 6) is -0.387. The topological polar surface area (TPSA) is 84.5 Å². The van der Waals surface area contributed by atoms with Crippen LogP contribution < -0.4 is 5.73 Å². The fourth-order valence-corrected chi connectivity index (χ4v) is 3.45. The van der Waals surface area contributed by atoms with Gasteiger partial charge in [-0.3, -0.25) is 14.5 Å². The lowest BCUT2D eigenvalue weighted by atomic mass is 10.0. The normalized spacial score (nSPS) is 22.4. The van der Waals surface area contributed by atoms with Gasteiger partial charge in [0.05, 0.1) is 18.6 Å². The summed E-state index contributed by atoms with van der Waals surface area (Å²) in [4.78, 5) is 32.2. The van der Waals surface area contributed by atoms with Gasteiger partial charge >= 0.3 is 0 Å². The van der Waals surface area contributed by atoms with Crippen molar-refractivity contribution in [1.82, 2.24) is 19.4 Å². The fourth-order valence-electron chi connectivity index (χ4n) is 3.45. The third kappa shape index (κ3) is 2.85. The molecule has 120 valence electrons. The lowest BCUT2D eigenvalue weighted by Gasteiger charge is -2.35. The molecule has 0 aromatic carbocycles. The van der Waals surface area contributed by atoms with Gasteiger partial charge in [-0.1, -0.05) is 0 Å². The number of nitrogens with zero attached hydrogens (tertiary/aromatic N) is 4. The maximum atomic E-state index is 12.5. The van der Waals surface area contributed by atoms with Crippen LogP contribution in [0.3, 0.4) is 0 Å². The predicted octanol–water partition coefficient (Wildman–Crippen LogP) is -0.355. The molecule has 22 heavy (non-hydrogen) atoms. The lowest BCUT2D eigenvalue weighted by molar-refractivity contribution is -0.142. The quantitative estimate of drug-likeness (QED) is 0.827. The molecule has 0 unspecified atom stereocenters. The number of hydrogen-bond acceptors (Lipinski definition) is 4. The zero-order chi connectivity index (χ0) is 15.7. The first kappa shape index (κ1) is 15.0. The number of likely N-dealkylation sites (tertiary alicyclic amines) is 1. The van der Waals surface area contributed by atoms with E-state index in [1.807, 2.05) is 17.9 Å². The molecule has 1 aromatic heterocycles. The van der Waals surface area contributed by atoms with Crippen molar-refractivity contribution in [3.63, 3.8) is 0 Å². The van der Waals surface area contributed by atoms with Crippen molar-refractivity contribution in [2.75, 3.05) is 19.6 Å². The van der Waals surface area contributed by atoms with E-state index in [0.717, 1.165) is 31.5 Å². The second kappa shape index (κ2) is 6.08. The Kier molecular flexibility index (Phi) is 4.15. The minimum Gasteiger partial charge on any atom is -0.368 e. The highest BCUT2D eigenvalue weighted by Gasteiger charge is 2.32. The molecule has 0 spiro atoms. The number of amides is 2. The molecule has 2 aliphatic heterocycles. The number of rotatable bonds is 3. The number of piperidine rings is 1. The van der Waals surface area contributed by atoms with Crippen LogP contribution in [-0.4, -0.2) is 56.8 Å². The van der Waals surface area contributed by atoms with Crippen LogP contribution in [0.5, 0.6) is 0 Å². The predicted molar refractivity (Wildman–Crippen MR) is 80.7 cm³/mol. The van der Waals surface area contributed by atoms with E-state index in [1.54, 1.807) is 4.90 Å². The Labute approximate surface area is 130 Å². The number of aromatic nitrogens is 2. The summed E-state index contributed by atoms with van der Waals surface area (Å²) in [6.07, 6.45) is 5.31. The molecule has 0 radical (unpaired) electrons. The van der Waals surface area contributed by atoms with E-state index in [-0.39, 0.29) is 5.91 Å². The zero-order valence-electron chi connectivity index (χ0n) is 13.0. The zero-order valence-corrected chi connectivity index (χ0v) is 13.0. The number of fused-ring (bicyclic) bond motifs is 1. The average Bonchev–Trinajstić information content (AvgIpc) is 2.88. The van der Waals surface area contributed by atoms with Crippen molar-refractivity contribution in [3.8, 4) is 0 Å². The minimum atomic E-state index is -0.434. The molecule has 2 N–H and O–H groups in total. The fraction of sp³-hybridized carbons (Fsp3) is 0.667. The SMILES string of the molecule is Cn1cnc2c1CCN(CC(=O)N1CCCC[C@@H]1C(N)=O)C2. The second-order valence-electron chi connectivity index (χ2n) is 6.21. The molecule has 7 heteroatoms.